The van der Waals surface area contributed by atoms with Gasteiger partial charge in [-0.15, -0.1) is 0 Å². The van der Waals surface area contributed by atoms with E-state index in [1.165, 1.54) is 6.34 Å². The average Bonchev–Trinajstić information content (AvgIpc) is 1.86. The van der Waals surface area contributed by atoms with Gasteiger partial charge in [0.05, 0.1) is 5.84 Å². The van der Waals surface area contributed by atoms with Crippen LogP contribution in [0.5, 0.6) is 0 Å². The van der Waals surface area contributed by atoms with Crippen molar-refractivity contribution in [3.8, 4) is 0 Å². The van der Waals surface area contributed by atoms with E-state index in [2.05, 4.69) is 9.98 Å². The first-order valence-electron chi connectivity index (χ1n) is 3.40. The Kier molecular flexibility index (Phi) is 4.10. The van der Waals surface area contributed by atoms with Crippen LogP contribution in [0.2, 0.25) is 0 Å². The standard InChI is InChI=1S/C7H13N3O/c1-5(2)7(11)10-4-9-6(3)8/h4-5H,1-3H3,(H2,8,9,10,11). The maximum atomic E-state index is 10.8. The normalized spacial score (nSPS) is 12.9. The Morgan fingerprint density at radius 1 is 1.55 bits per heavy atom. The first kappa shape index (κ1) is 9.81. The van der Waals surface area contributed by atoms with Gasteiger partial charge in [0.1, 0.15) is 6.34 Å². The number of carbonyl (C=O) groups excluding carboxylic acids is 1. The highest BCUT2D eigenvalue weighted by Gasteiger charge is 2.01. The Labute approximate surface area is 66.2 Å². The van der Waals surface area contributed by atoms with Crippen molar-refractivity contribution in [1.82, 2.24) is 0 Å². The number of amidine groups is 1. The lowest BCUT2D eigenvalue weighted by atomic mass is 10.2. The van der Waals surface area contributed by atoms with Crippen LogP contribution in [0, 0.1) is 5.92 Å². The van der Waals surface area contributed by atoms with Gasteiger partial charge in [0.25, 0.3) is 0 Å². The van der Waals surface area contributed by atoms with Crippen LogP contribution in [0.15, 0.2) is 9.98 Å². The fraction of sp³-hybridized carbons (Fsp3) is 0.571. The summed E-state index contributed by atoms with van der Waals surface area (Å²) < 4.78 is 0. The van der Waals surface area contributed by atoms with E-state index in [9.17, 15) is 4.79 Å². The third-order valence-corrected chi connectivity index (χ3v) is 0.940. The predicted molar refractivity (Wildman–Crippen MR) is 45.6 cm³/mol. The maximum Gasteiger partial charge on any atom is 0.249 e. The molecule has 0 rings (SSSR count). The van der Waals surface area contributed by atoms with Gasteiger partial charge >= 0.3 is 0 Å². The summed E-state index contributed by atoms with van der Waals surface area (Å²) in [7, 11) is 0. The molecule has 0 atom stereocenters. The Balaban J connectivity index is 3.95. The number of aliphatic imine (C=N–C) groups is 2. The first-order chi connectivity index (χ1) is 5.04. The summed E-state index contributed by atoms with van der Waals surface area (Å²) in [6.07, 6.45) is 1.18. The van der Waals surface area contributed by atoms with Gasteiger partial charge < -0.3 is 5.73 Å². The molecule has 0 unspecified atom stereocenters. The summed E-state index contributed by atoms with van der Waals surface area (Å²) in [5.41, 5.74) is 5.20. The van der Waals surface area contributed by atoms with Gasteiger partial charge in [-0.2, -0.15) is 0 Å². The van der Waals surface area contributed by atoms with E-state index in [1.807, 2.05) is 0 Å². The van der Waals surface area contributed by atoms with Crippen LogP contribution in [0.4, 0.5) is 0 Å². The topological polar surface area (TPSA) is 67.8 Å². The highest BCUT2D eigenvalue weighted by molar-refractivity contribution is 5.91. The van der Waals surface area contributed by atoms with E-state index < -0.39 is 0 Å². The van der Waals surface area contributed by atoms with Gasteiger partial charge in [0.2, 0.25) is 5.91 Å². The van der Waals surface area contributed by atoms with Crippen LogP contribution in [0.1, 0.15) is 20.8 Å². The summed E-state index contributed by atoms with van der Waals surface area (Å²) in [5.74, 6) is 0.125. The van der Waals surface area contributed by atoms with E-state index >= 15 is 0 Å². The smallest absolute Gasteiger partial charge is 0.249 e. The number of hydrogen-bond donors (Lipinski definition) is 1. The van der Waals surface area contributed by atoms with Crippen molar-refractivity contribution in [1.29, 1.82) is 0 Å². The second-order valence-corrected chi connectivity index (χ2v) is 2.51. The summed E-state index contributed by atoms with van der Waals surface area (Å²) >= 11 is 0. The highest BCUT2D eigenvalue weighted by Crippen LogP contribution is 1.93. The molecule has 62 valence electrons. The number of carbonyl (C=O) groups is 1. The first-order valence-corrected chi connectivity index (χ1v) is 3.40. The quantitative estimate of drug-likeness (QED) is 0.468. The largest absolute Gasteiger partial charge is 0.387 e. The third-order valence-electron chi connectivity index (χ3n) is 0.940. The Bertz CT molecular complexity index is 190. The Morgan fingerprint density at radius 2 is 2.09 bits per heavy atom. The van der Waals surface area contributed by atoms with E-state index in [4.69, 9.17) is 5.73 Å². The van der Waals surface area contributed by atoms with Crippen molar-refractivity contribution < 1.29 is 4.79 Å². The third kappa shape index (κ3) is 5.26. The fourth-order valence-electron chi connectivity index (χ4n) is 0.326. The molecule has 0 aliphatic rings. The molecule has 0 aromatic rings. The second-order valence-electron chi connectivity index (χ2n) is 2.51. The molecule has 0 aromatic heterocycles. The van der Waals surface area contributed by atoms with Crippen molar-refractivity contribution in [3.05, 3.63) is 0 Å². The lowest BCUT2D eigenvalue weighted by Gasteiger charge is -1.93. The van der Waals surface area contributed by atoms with Crippen molar-refractivity contribution in [2.45, 2.75) is 20.8 Å². The van der Waals surface area contributed by atoms with E-state index in [0.29, 0.717) is 5.84 Å². The van der Waals surface area contributed by atoms with Crippen LogP contribution in [-0.4, -0.2) is 18.1 Å². The second kappa shape index (κ2) is 4.60. The Hall–Kier alpha value is -1.19. The zero-order valence-corrected chi connectivity index (χ0v) is 7.03. The van der Waals surface area contributed by atoms with Crippen molar-refractivity contribution in [2.75, 3.05) is 0 Å². The molecule has 4 heteroatoms. The fourth-order valence-corrected chi connectivity index (χ4v) is 0.326. The Morgan fingerprint density at radius 3 is 2.45 bits per heavy atom. The molecule has 4 nitrogen and oxygen atoms in total. The van der Waals surface area contributed by atoms with Crippen LogP contribution in [0.25, 0.3) is 0 Å². The average molecular weight is 155 g/mol. The molecule has 0 saturated heterocycles. The van der Waals surface area contributed by atoms with Crippen LogP contribution in [0.3, 0.4) is 0 Å². The maximum absolute atomic E-state index is 10.8. The zero-order chi connectivity index (χ0) is 8.85. The van der Waals surface area contributed by atoms with E-state index in [1.54, 1.807) is 20.8 Å². The number of hydrogen-bond acceptors (Lipinski definition) is 1. The number of nitrogens with zero attached hydrogens (tertiary/aromatic N) is 2. The monoisotopic (exact) mass is 155 g/mol. The van der Waals surface area contributed by atoms with Crippen molar-refractivity contribution in [2.24, 2.45) is 21.6 Å². The van der Waals surface area contributed by atoms with Gasteiger partial charge in [-0.1, -0.05) is 13.8 Å². The molecule has 0 aliphatic carbocycles. The molecular formula is C7H13N3O. The van der Waals surface area contributed by atoms with Gasteiger partial charge in [-0.25, -0.2) is 9.98 Å². The molecule has 0 radical (unpaired) electrons. The highest BCUT2D eigenvalue weighted by atomic mass is 16.1. The lowest BCUT2D eigenvalue weighted by Crippen LogP contribution is -2.06. The summed E-state index contributed by atoms with van der Waals surface area (Å²) in [5, 5.41) is 0. The van der Waals surface area contributed by atoms with Crippen molar-refractivity contribution in [3.63, 3.8) is 0 Å². The minimum absolute atomic E-state index is 0.0838. The molecule has 11 heavy (non-hydrogen) atoms. The molecule has 0 fully saturated rings. The number of amides is 1. The lowest BCUT2D eigenvalue weighted by molar-refractivity contribution is -0.120. The van der Waals surface area contributed by atoms with Gasteiger partial charge in [0, 0.05) is 5.92 Å². The summed E-state index contributed by atoms with van der Waals surface area (Å²) in [6, 6.07) is 0. The van der Waals surface area contributed by atoms with Crippen LogP contribution < -0.4 is 5.73 Å². The van der Waals surface area contributed by atoms with E-state index in [0.717, 1.165) is 0 Å². The molecule has 0 aliphatic heterocycles. The SMILES string of the molecule is CC(N)=NC=NC(=O)C(C)C. The van der Waals surface area contributed by atoms with Gasteiger partial charge in [-0.05, 0) is 6.92 Å². The number of rotatable bonds is 2. The number of nitrogens with two attached hydrogens (primary N) is 1. The molecule has 2 N–H and O–H groups in total. The molecule has 0 saturated carbocycles. The molecule has 0 aromatic carbocycles. The van der Waals surface area contributed by atoms with Crippen LogP contribution >= 0.6 is 0 Å². The predicted octanol–water partition coefficient (Wildman–Crippen LogP) is 0.574. The summed E-state index contributed by atoms with van der Waals surface area (Å²) in [6.45, 7) is 5.18. The zero-order valence-electron chi connectivity index (χ0n) is 7.03. The molecular weight excluding hydrogens is 142 g/mol. The minimum atomic E-state index is -0.185. The minimum Gasteiger partial charge on any atom is -0.387 e. The van der Waals surface area contributed by atoms with Gasteiger partial charge in [-0.3, -0.25) is 4.79 Å². The molecule has 0 spiro atoms. The summed E-state index contributed by atoms with van der Waals surface area (Å²) in [4.78, 5) is 18.0. The molecule has 1 amide bonds. The molecule has 0 bridgehead atoms. The van der Waals surface area contributed by atoms with Crippen molar-refractivity contribution >= 4 is 18.1 Å². The van der Waals surface area contributed by atoms with E-state index in [-0.39, 0.29) is 11.8 Å². The van der Waals surface area contributed by atoms with Crippen LogP contribution in [-0.2, 0) is 4.79 Å². The van der Waals surface area contributed by atoms with Gasteiger partial charge in [0.15, 0.2) is 0 Å². The molecule has 0 heterocycles.